The molecule has 0 unspecified atom stereocenters. The van der Waals surface area contributed by atoms with Gasteiger partial charge in [-0.15, -0.1) is 0 Å². The minimum absolute atomic E-state index is 0.118. The molecular formula is C13H22N4O2. The van der Waals surface area contributed by atoms with E-state index < -0.39 is 0 Å². The average Bonchev–Trinajstić information content (AvgIpc) is 2.40. The van der Waals surface area contributed by atoms with E-state index >= 15 is 0 Å². The summed E-state index contributed by atoms with van der Waals surface area (Å²) in [7, 11) is 0. The van der Waals surface area contributed by atoms with Crippen LogP contribution in [-0.2, 0) is 16.0 Å². The highest BCUT2D eigenvalue weighted by molar-refractivity contribution is 5.75. The van der Waals surface area contributed by atoms with Crippen LogP contribution in [-0.4, -0.2) is 35.6 Å². The number of aromatic nitrogens is 2. The van der Waals surface area contributed by atoms with Crippen molar-refractivity contribution < 1.29 is 9.53 Å². The second kappa shape index (κ2) is 8.29. The molecule has 1 aromatic heterocycles. The molecule has 0 radical (unpaired) electrons. The fourth-order valence-electron chi connectivity index (χ4n) is 1.74. The van der Waals surface area contributed by atoms with Crippen LogP contribution in [0.15, 0.2) is 6.33 Å². The Labute approximate surface area is 114 Å². The molecule has 106 valence electrons. The molecule has 0 aliphatic heterocycles. The van der Waals surface area contributed by atoms with E-state index in [4.69, 9.17) is 4.74 Å². The normalized spacial score (nSPS) is 10.1. The van der Waals surface area contributed by atoms with Gasteiger partial charge in [-0.3, -0.25) is 4.79 Å². The molecule has 0 saturated heterocycles. The molecule has 0 fully saturated rings. The Morgan fingerprint density at radius 1 is 1.21 bits per heavy atom. The van der Waals surface area contributed by atoms with E-state index in [-0.39, 0.29) is 12.5 Å². The molecule has 19 heavy (non-hydrogen) atoms. The average molecular weight is 266 g/mol. The minimum Gasteiger partial charge on any atom is -0.465 e. The van der Waals surface area contributed by atoms with E-state index in [1.807, 2.05) is 6.92 Å². The predicted octanol–water partition coefficient (Wildman–Crippen LogP) is 1.84. The lowest BCUT2D eigenvalue weighted by atomic mass is 10.1. The fourth-order valence-corrected chi connectivity index (χ4v) is 1.74. The van der Waals surface area contributed by atoms with Gasteiger partial charge in [-0.1, -0.05) is 13.3 Å². The monoisotopic (exact) mass is 266 g/mol. The first-order chi connectivity index (χ1) is 9.22. The number of hydrogen-bond acceptors (Lipinski definition) is 6. The van der Waals surface area contributed by atoms with Gasteiger partial charge in [0.15, 0.2) is 0 Å². The number of ether oxygens (including phenoxy) is 1. The van der Waals surface area contributed by atoms with Gasteiger partial charge in [-0.25, -0.2) is 9.97 Å². The van der Waals surface area contributed by atoms with Crippen molar-refractivity contribution in [3.8, 4) is 0 Å². The van der Waals surface area contributed by atoms with Crippen molar-refractivity contribution in [1.82, 2.24) is 9.97 Å². The summed E-state index contributed by atoms with van der Waals surface area (Å²) in [6.07, 6.45) is 3.33. The zero-order valence-electron chi connectivity index (χ0n) is 11.8. The number of rotatable bonds is 8. The Balaban J connectivity index is 2.80. The van der Waals surface area contributed by atoms with Crippen LogP contribution in [0.2, 0.25) is 0 Å². The van der Waals surface area contributed by atoms with Crippen LogP contribution in [0.1, 0.15) is 32.8 Å². The summed E-state index contributed by atoms with van der Waals surface area (Å²) >= 11 is 0. The topological polar surface area (TPSA) is 76.1 Å². The lowest BCUT2D eigenvalue weighted by Gasteiger charge is -2.14. The lowest BCUT2D eigenvalue weighted by Crippen LogP contribution is -2.19. The maximum Gasteiger partial charge on any atom is 0.325 e. The Bertz CT molecular complexity index is 410. The summed E-state index contributed by atoms with van der Waals surface area (Å²) in [6, 6.07) is 0. The first-order valence-corrected chi connectivity index (χ1v) is 6.70. The maximum absolute atomic E-state index is 11.4. The van der Waals surface area contributed by atoms with E-state index in [2.05, 4.69) is 27.5 Å². The lowest BCUT2D eigenvalue weighted by molar-refractivity contribution is -0.140. The van der Waals surface area contributed by atoms with E-state index in [1.54, 1.807) is 6.92 Å². The van der Waals surface area contributed by atoms with Crippen LogP contribution in [0, 0.1) is 0 Å². The van der Waals surface area contributed by atoms with Crippen molar-refractivity contribution >= 4 is 17.6 Å². The fraction of sp³-hybridized carbons (Fsp3) is 0.615. The molecule has 1 rings (SSSR count). The van der Waals surface area contributed by atoms with Crippen LogP contribution in [0.4, 0.5) is 11.6 Å². The van der Waals surface area contributed by atoms with Crippen molar-refractivity contribution in [2.24, 2.45) is 0 Å². The molecule has 0 atom stereocenters. The summed E-state index contributed by atoms with van der Waals surface area (Å²) < 4.78 is 4.88. The smallest absolute Gasteiger partial charge is 0.325 e. The largest absolute Gasteiger partial charge is 0.465 e. The van der Waals surface area contributed by atoms with Crippen LogP contribution in [0.5, 0.6) is 0 Å². The quantitative estimate of drug-likeness (QED) is 0.699. The predicted molar refractivity (Wildman–Crippen MR) is 75.3 cm³/mol. The number of anilines is 2. The molecular weight excluding hydrogens is 244 g/mol. The molecule has 0 spiro atoms. The third-order valence-corrected chi connectivity index (χ3v) is 2.50. The number of esters is 1. The molecule has 0 aromatic carbocycles. The number of carbonyl (C=O) groups is 1. The first kappa shape index (κ1) is 15.2. The van der Waals surface area contributed by atoms with Crippen LogP contribution in [0.3, 0.4) is 0 Å². The summed E-state index contributed by atoms with van der Waals surface area (Å²) in [5.74, 6) is 1.24. The summed E-state index contributed by atoms with van der Waals surface area (Å²) in [6.45, 7) is 7.20. The van der Waals surface area contributed by atoms with E-state index in [1.165, 1.54) is 6.33 Å². The van der Waals surface area contributed by atoms with Crippen molar-refractivity contribution in [3.05, 3.63) is 11.9 Å². The van der Waals surface area contributed by atoms with Gasteiger partial charge in [0.2, 0.25) is 0 Å². The zero-order valence-corrected chi connectivity index (χ0v) is 11.8. The molecule has 0 saturated carbocycles. The van der Waals surface area contributed by atoms with Gasteiger partial charge in [0.05, 0.1) is 6.61 Å². The first-order valence-electron chi connectivity index (χ1n) is 6.70. The van der Waals surface area contributed by atoms with Crippen LogP contribution < -0.4 is 10.6 Å². The summed E-state index contributed by atoms with van der Waals surface area (Å²) in [5, 5.41) is 6.22. The minimum atomic E-state index is -0.284. The zero-order chi connectivity index (χ0) is 14.1. The van der Waals surface area contributed by atoms with Gasteiger partial charge in [0, 0.05) is 12.1 Å². The highest BCUT2D eigenvalue weighted by atomic mass is 16.5. The molecule has 6 nitrogen and oxygen atoms in total. The summed E-state index contributed by atoms with van der Waals surface area (Å²) in [5.41, 5.74) is 1.01. The van der Waals surface area contributed by atoms with Gasteiger partial charge in [0.1, 0.15) is 24.5 Å². The van der Waals surface area contributed by atoms with Gasteiger partial charge in [-0.2, -0.15) is 0 Å². The number of nitrogens with zero attached hydrogens (tertiary/aromatic N) is 2. The van der Waals surface area contributed by atoms with Gasteiger partial charge >= 0.3 is 5.97 Å². The SMILES string of the molecule is CCCc1c(NCC)ncnc1NCC(=O)OCC. The Morgan fingerprint density at radius 3 is 2.47 bits per heavy atom. The maximum atomic E-state index is 11.4. The van der Waals surface area contributed by atoms with Crippen molar-refractivity contribution in [2.45, 2.75) is 33.6 Å². The molecule has 0 bridgehead atoms. The van der Waals surface area contributed by atoms with Crippen molar-refractivity contribution in [1.29, 1.82) is 0 Å². The van der Waals surface area contributed by atoms with Crippen molar-refractivity contribution in [2.75, 3.05) is 30.3 Å². The van der Waals surface area contributed by atoms with Crippen molar-refractivity contribution in [3.63, 3.8) is 0 Å². The molecule has 0 aliphatic carbocycles. The molecule has 2 N–H and O–H groups in total. The van der Waals surface area contributed by atoms with E-state index in [0.29, 0.717) is 12.4 Å². The van der Waals surface area contributed by atoms with Crippen LogP contribution in [0.25, 0.3) is 0 Å². The highest BCUT2D eigenvalue weighted by Gasteiger charge is 2.11. The number of hydrogen-bond donors (Lipinski definition) is 2. The van der Waals surface area contributed by atoms with Crippen LogP contribution >= 0.6 is 0 Å². The van der Waals surface area contributed by atoms with Gasteiger partial charge < -0.3 is 15.4 Å². The van der Waals surface area contributed by atoms with Gasteiger partial charge in [-0.05, 0) is 20.3 Å². The third-order valence-electron chi connectivity index (χ3n) is 2.50. The number of carbonyl (C=O) groups excluding carboxylic acids is 1. The standard InChI is InChI=1S/C13H22N4O2/c1-4-7-10-12(14-5-2)16-9-17-13(10)15-8-11(18)19-6-3/h9H,4-8H2,1-3H3,(H2,14,15,16,17). The number of nitrogens with one attached hydrogen (secondary N) is 2. The summed E-state index contributed by atoms with van der Waals surface area (Å²) in [4.78, 5) is 19.8. The third kappa shape index (κ3) is 4.73. The van der Waals surface area contributed by atoms with Gasteiger partial charge in [0.25, 0.3) is 0 Å². The molecule has 1 heterocycles. The second-order valence-electron chi connectivity index (χ2n) is 3.99. The second-order valence-corrected chi connectivity index (χ2v) is 3.99. The van der Waals surface area contributed by atoms with E-state index in [9.17, 15) is 4.79 Å². The van der Waals surface area contributed by atoms with E-state index in [0.717, 1.165) is 30.8 Å². The Morgan fingerprint density at radius 2 is 1.89 bits per heavy atom. The Hall–Kier alpha value is -1.85. The Kier molecular flexibility index (Phi) is 6.63. The molecule has 0 amide bonds. The molecule has 6 heteroatoms. The molecule has 1 aromatic rings. The highest BCUT2D eigenvalue weighted by Crippen LogP contribution is 2.21. The molecule has 0 aliphatic rings.